The van der Waals surface area contributed by atoms with Crippen LogP contribution in [0.2, 0.25) is 0 Å². The molecule has 0 aliphatic heterocycles. The first-order chi connectivity index (χ1) is 14.2. The van der Waals surface area contributed by atoms with Gasteiger partial charge in [-0.2, -0.15) is 0 Å². The Hall–Kier alpha value is -1.86. The molecule has 1 heteroatoms. The number of hydrogen-bond donors (Lipinski definition) is 0. The molecule has 0 nitrogen and oxygen atoms in total. The van der Waals surface area contributed by atoms with E-state index in [1.54, 1.807) is 11.1 Å². The van der Waals surface area contributed by atoms with E-state index >= 15 is 0 Å². The van der Waals surface area contributed by atoms with Crippen molar-refractivity contribution < 1.29 is 0 Å². The Balaban J connectivity index is 1.53. The molecule has 29 heavy (non-hydrogen) atoms. The molecule has 0 radical (unpaired) electrons. The first-order valence-electron chi connectivity index (χ1n) is 11.2. The Labute approximate surface area is 181 Å². The molecule has 1 spiro atoms. The van der Waals surface area contributed by atoms with Crippen LogP contribution in [0, 0.1) is 23.7 Å². The molecule has 0 atom stereocenters. The van der Waals surface area contributed by atoms with Gasteiger partial charge in [0, 0.05) is 9.89 Å². The van der Waals surface area contributed by atoms with E-state index in [0.29, 0.717) is 0 Å². The second-order valence-electron chi connectivity index (χ2n) is 9.95. The van der Waals surface area contributed by atoms with Crippen LogP contribution in [0.1, 0.15) is 43.2 Å². The zero-order valence-electron chi connectivity index (χ0n) is 16.6. The number of benzene rings is 3. The molecule has 5 aliphatic rings. The average Bonchev–Trinajstić information content (AvgIpc) is 3.04. The molecular formula is C28H25Br. The van der Waals surface area contributed by atoms with Gasteiger partial charge in [-0.3, -0.25) is 0 Å². The summed E-state index contributed by atoms with van der Waals surface area (Å²) < 4.78 is 1.15. The van der Waals surface area contributed by atoms with Gasteiger partial charge in [0.25, 0.3) is 0 Å². The lowest BCUT2D eigenvalue weighted by atomic mass is 9.43. The Morgan fingerprint density at radius 1 is 0.621 bits per heavy atom. The maximum Gasteiger partial charge on any atom is 0.0272 e. The van der Waals surface area contributed by atoms with Gasteiger partial charge >= 0.3 is 0 Å². The van der Waals surface area contributed by atoms with Crippen molar-refractivity contribution in [2.75, 3.05) is 0 Å². The van der Waals surface area contributed by atoms with E-state index in [2.05, 4.69) is 82.7 Å². The van der Waals surface area contributed by atoms with E-state index in [1.807, 2.05) is 0 Å². The standard InChI is InChI=1S/C28H25Br/c29-22-10-8-19(9-11-22)23-5-3-7-26-27(23)24-4-1-2-6-25(24)28(26)20-13-17-12-18(15-20)16-21(28)14-17/h1-11,17-18,20-21H,12-16H2. The van der Waals surface area contributed by atoms with Crippen molar-refractivity contribution in [1.82, 2.24) is 0 Å². The maximum atomic E-state index is 3.61. The molecular weight excluding hydrogens is 416 g/mol. The van der Waals surface area contributed by atoms with Crippen LogP contribution in [0.15, 0.2) is 71.2 Å². The number of fused-ring (bicyclic) bond motifs is 3. The lowest BCUT2D eigenvalue weighted by Gasteiger charge is -2.61. The third-order valence-corrected chi connectivity index (χ3v) is 9.26. The van der Waals surface area contributed by atoms with Crippen molar-refractivity contribution in [3.63, 3.8) is 0 Å². The van der Waals surface area contributed by atoms with Crippen LogP contribution in [0.4, 0.5) is 0 Å². The van der Waals surface area contributed by atoms with Gasteiger partial charge in [0.05, 0.1) is 0 Å². The van der Waals surface area contributed by atoms with Crippen molar-refractivity contribution >= 4 is 15.9 Å². The summed E-state index contributed by atoms with van der Waals surface area (Å²) in [6.07, 6.45) is 7.30. The van der Waals surface area contributed by atoms with Gasteiger partial charge in [-0.25, -0.2) is 0 Å². The second kappa shape index (κ2) is 5.85. The van der Waals surface area contributed by atoms with Gasteiger partial charge < -0.3 is 0 Å². The van der Waals surface area contributed by atoms with Gasteiger partial charge in [-0.1, -0.05) is 70.5 Å². The lowest BCUT2D eigenvalue weighted by Crippen LogP contribution is -2.55. The molecule has 0 saturated heterocycles. The predicted molar refractivity (Wildman–Crippen MR) is 123 cm³/mol. The molecule has 0 heterocycles. The first kappa shape index (κ1) is 16.9. The molecule has 4 saturated carbocycles. The average molecular weight is 441 g/mol. The minimum Gasteiger partial charge on any atom is -0.0619 e. The fraction of sp³-hybridized carbons (Fsp3) is 0.357. The van der Waals surface area contributed by atoms with Crippen LogP contribution >= 0.6 is 15.9 Å². The normalized spacial score (nSPS) is 33.1. The smallest absolute Gasteiger partial charge is 0.0272 e. The van der Waals surface area contributed by atoms with Crippen molar-refractivity contribution in [1.29, 1.82) is 0 Å². The number of rotatable bonds is 1. The summed E-state index contributed by atoms with van der Waals surface area (Å²) in [7, 11) is 0. The molecule has 3 aromatic rings. The fourth-order valence-electron chi connectivity index (χ4n) is 8.07. The monoisotopic (exact) mass is 440 g/mol. The topological polar surface area (TPSA) is 0 Å². The molecule has 3 aromatic carbocycles. The van der Waals surface area contributed by atoms with Crippen LogP contribution < -0.4 is 0 Å². The molecule has 5 aliphatic carbocycles. The Morgan fingerprint density at radius 2 is 1.24 bits per heavy atom. The van der Waals surface area contributed by atoms with E-state index in [4.69, 9.17) is 0 Å². The summed E-state index contributed by atoms with van der Waals surface area (Å²) in [5.41, 5.74) is 9.34. The molecule has 4 fully saturated rings. The van der Waals surface area contributed by atoms with Crippen LogP contribution in [0.5, 0.6) is 0 Å². The highest BCUT2D eigenvalue weighted by Crippen LogP contribution is 2.69. The highest BCUT2D eigenvalue weighted by molar-refractivity contribution is 9.10. The van der Waals surface area contributed by atoms with Crippen LogP contribution in [0.25, 0.3) is 22.3 Å². The van der Waals surface area contributed by atoms with E-state index in [0.717, 1.165) is 28.1 Å². The van der Waals surface area contributed by atoms with Crippen LogP contribution in [0.3, 0.4) is 0 Å². The summed E-state index contributed by atoms with van der Waals surface area (Å²) in [6, 6.07) is 25.5. The van der Waals surface area contributed by atoms with E-state index in [9.17, 15) is 0 Å². The van der Waals surface area contributed by atoms with Gasteiger partial charge in [-0.05, 0) is 101 Å². The second-order valence-corrected chi connectivity index (χ2v) is 10.9. The number of halogens is 1. The van der Waals surface area contributed by atoms with Gasteiger partial charge in [0.15, 0.2) is 0 Å². The van der Waals surface area contributed by atoms with Crippen molar-refractivity contribution in [2.45, 2.75) is 37.5 Å². The molecule has 0 unspecified atom stereocenters. The van der Waals surface area contributed by atoms with Crippen molar-refractivity contribution in [2.24, 2.45) is 23.7 Å². The lowest BCUT2D eigenvalue weighted by molar-refractivity contribution is -0.0399. The van der Waals surface area contributed by atoms with Gasteiger partial charge in [-0.15, -0.1) is 0 Å². The Kier molecular flexibility index (Phi) is 3.41. The molecule has 8 rings (SSSR count). The Morgan fingerprint density at radius 3 is 1.97 bits per heavy atom. The first-order valence-corrected chi connectivity index (χ1v) is 12.0. The minimum atomic E-state index is 0.269. The Bertz CT molecular complexity index is 1100. The number of hydrogen-bond acceptors (Lipinski definition) is 0. The van der Waals surface area contributed by atoms with E-state index in [1.165, 1.54) is 54.4 Å². The summed E-state index contributed by atoms with van der Waals surface area (Å²) >= 11 is 3.61. The zero-order valence-corrected chi connectivity index (χ0v) is 18.2. The molecule has 4 bridgehead atoms. The van der Waals surface area contributed by atoms with Gasteiger partial charge in [0.2, 0.25) is 0 Å². The van der Waals surface area contributed by atoms with Crippen LogP contribution in [-0.2, 0) is 5.41 Å². The molecule has 0 N–H and O–H groups in total. The predicted octanol–water partition coefficient (Wildman–Crippen LogP) is 7.84. The third-order valence-electron chi connectivity index (χ3n) is 8.73. The highest BCUT2D eigenvalue weighted by Gasteiger charge is 2.61. The quantitative estimate of drug-likeness (QED) is 0.361. The summed E-state index contributed by atoms with van der Waals surface area (Å²) in [5, 5.41) is 0. The van der Waals surface area contributed by atoms with Gasteiger partial charge in [0.1, 0.15) is 0 Å². The fourth-order valence-corrected chi connectivity index (χ4v) is 8.34. The minimum absolute atomic E-state index is 0.269. The zero-order chi connectivity index (χ0) is 19.2. The largest absolute Gasteiger partial charge is 0.0619 e. The van der Waals surface area contributed by atoms with Crippen LogP contribution in [-0.4, -0.2) is 0 Å². The summed E-state index contributed by atoms with van der Waals surface area (Å²) in [6.45, 7) is 0. The van der Waals surface area contributed by atoms with Crippen molar-refractivity contribution in [3.05, 3.63) is 82.3 Å². The SMILES string of the molecule is Brc1ccc(-c2cccc3c2-c2ccccc2C32C3CC4CC(C3)CC2C4)cc1. The van der Waals surface area contributed by atoms with Crippen molar-refractivity contribution in [3.8, 4) is 22.3 Å². The highest BCUT2D eigenvalue weighted by atomic mass is 79.9. The summed E-state index contributed by atoms with van der Waals surface area (Å²) in [5.74, 6) is 3.66. The van der Waals surface area contributed by atoms with E-state index in [-0.39, 0.29) is 5.41 Å². The third kappa shape index (κ3) is 2.10. The molecule has 0 amide bonds. The molecule has 144 valence electrons. The van der Waals surface area contributed by atoms with E-state index < -0.39 is 0 Å². The maximum absolute atomic E-state index is 3.61. The summed E-state index contributed by atoms with van der Waals surface area (Å²) in [4.78, 5) is 0. The molecule has 0 aromatic heterocycles.